The predicted molar refractivity (Wildman–Crippen MR) is 94.4 cm³/mol. The van der Waals surface area contributed by atoms with Gasteiger partial charge in [-0.25, -0.2) is 0 Å². The maximum atomic E-state index is 11.4. The highest BCUT2D eigenvalue weighted by atomic mass is 16.2. The molecule has 1 aromatic carbocycles. The highest BCUT2D eigenvalue weighted by molar-refractivity contribution is 5.73. The maximum absolute atomic E-state index is 11.4. The lowest BCUT2D eigenvalue weighted by Gasteiger charge is -2.35. The van der Waals surface area contributed by atoms with Crippen LogP contribution < -0.4 is 5.32 Å². The minimum atomic E-state index is 0.195. The predicted octanol–water partition coefficient (Wildman–Crippen LogP) is 2.95. The van der Waals surface area contributed by atoms with E-state index < -0.39 is 0 Å². The van der Waals surface area contributed by atoms with Gasteiger partial charge in [0, 0.05) is 51.4 Å². The molecule has 1 saturated heterocycles. The maximum Gasteiger partial charge on any atom is 0.219 e. The largest absolute Gasteiger partial charge is 0.382 e. The van der Waals surface area contributed by atoms with E-state index in [1.54, 1.807) is 6.92 Å². The van der Waals surface area contributed by atoms with Gasteiger partial charge in [-0.15, -0.1) is 0 Å². The summed E-state index contributed by atoms with van der Waals surface area (Å²) in [5.41, 5.74) is 2.65. The van der Waals surface area contributed by atoms with Crippen LogP contribution in [0.5, 0.6) is 0 Å². The summed E-state index contributed by atoms with van der Waals surface area (Å²) in [6.45, 7) is 8.57. The summed E-state index contributed by atoms with van der Waals surface area (Å²) >= 11 is 0. The Bertz CT molecular complexity index is 533. The molecule has 4 heteroatoms. The van der Waals surface area contributed by atoms with Gasteiger partial charge in [0.25, 0.3) is 0 Å². The number of hydrogen-bond donors (Lipinski definition) is 1. The minimum absolute atomic E-state index is 0.195. The van der Waals surface area contributed by atoms with Gasteiger partial charge in [0.15, 0.2) is 0 Å². The number of amides is 1. The van der Waals surface area contributed by atoms with Crippen LogP contribution in [0.3, 0.4) is 0 Å². The fourth-order valence-electron chi connectivity index (χ4n) is 3.56. The summed E-state index contributed by atoms with van der Waals surface area (Å²) in [7, 11) is 0. The second kappa shape index (κ2) is 7.35. The molecule has 126 valence electrons. The van der Waals surface area contributed by atoms with Crippen molar-refractivity contribution in [3.63, 3.8) is 0 Å². The van der Waals surface area contributed by atoms with E-state index in [1.165, 1.54) is 30.5 Å². The summed E-state index contributed by atoms with van der Waals surface area (Å²) < 4.78 is 0. The summed E-state index contributed by atoms with van der Waals surface area (Å²) in [5, 5.41) is 3.74. The van der Waals surface area contributed by atoms with Crippen LogP contribution in [0.1, 0.15) is 38.7 Å². The number of rotatable bonds is 5. The van der Waals surface area contributed by atoms with E-state index in [1.807, 2.05) is 4.90 Å². The van der Waals surface area contributed by atoms with Gasteiger partial charge in [0.05, 0.1) is 0 Å². The summed E-state index contributed by atoms with van der Waals surface area (Å²) in [6, 6.07) is 9.23. The van der Waals surface area contributed by atoms with Crippen LogP contribution in [0.2, 0.25) is 0 Å². The van der Waals surface area contributed by atoms with Gasteiger partial charge in [-0.1, -0.05) is 24.6 Å². The standard InChI is InChI=1S/C19H29N3O/c1-15(17-7-5-8-17)20-19-9-4-3-6-18(19)14-21-10-12-22(13-11-21)16(2)23/h3-4,6,9,15,17,20H,5,7-8,10-14H2,1-2H3/t15-/m0/s1. The molecule has 1 atom stereocenters. The highest BCUT2D eigenvalue weighted by Crippen LogP contribution is 2.31. The van der Waals surface area contributed by atoms with Crippen molar-refractivity contribution in [3.05, 3.63) is 29.8 Å². The molecular weight excluding hydrogens is 286 g/mol. The molecule has 1 saturated carbocycles. The fraction of sp³-hybridized carbons (Fsp3) is 0.632. The molecule has 2 aliphatic rings. The normalized spacial score (nSPS) is 20.9. The molecule has 0 bridgehead atoms. The number of piperazine rings is 1. The third-order valence-corrected chi connectivity index (χ3v) is 5.47. The highest BCUT2D eigenvalue weighted by Gasteiger charge is 2.24. The number of carbonyl (C=O) groups is 1. The van der Waals surface area contributed by atoms with E-state index in [9.17, 15) is 4.79 Å². The molecule has 1 amide bonds. The summed E-state index contributed by atoms with van der Waals surface area (Å²) in [6.07, 6.45) is 4.12. The van der Waals surface area contributed by atoms with Crippen LogP contribution >= 0.6 is 0 Å². The molecule has 1 N–H and O–H groups in total. The SMILES string of the molecule is CC(=O)N1CCN(Cc2ccccc2N[C@@H](C)C2CCC2)CC1. The van der Waals surface area contributed by atoms with Crippen molar-refractivity contribution in [2.24, 2.45) is 5.92 Å². The summed E-state index contributed by atoms with van der Waals surface area (Å²) in [5.74, 6) is 1.03. The Balaban J connectivity index is 1.58. The second-order valence-corrected chi connectivity index (χ2v) is 7.06. The number of nitrogens with zero attached hydrogens (tertiary/aromatic N) is 2. The van der Waals surface area contributed by atoms with Crippen molar-refractivity contribution in [1.29, 1.82) is 0 Å². The van der Waals surface area contributed by atoms with Crippen molar-refractivity contribution in [2.45, 2.75) is 45.7 Å². The molecule has 1 aromatic rings. The molecule has 2 fully saturated rings. The van der Waals surface area contributed by atoms with Crippen LogP contribution in [0.15, 0.2) is 24.3 Å². The molecule has 1 aliphatic heterocycles. The van der Waals surface area contributed by atoms with E-state index >= 15 is 0 Å². The topological polar surface area (TPSA) is 35.6 Å². The molecule has 4 nitrogen and oxygen atoms in total. The number of nitrogens with one attached hydrogen (secondary N) is 1. The number of carbonyl (C=O) groups excluding carboxylic acids is 1. The van der Waals surface area contributed by atoms with Crippen LogP contribution in [0.25, 0.3) is 0 Å². The molecule has 0 radical (unpaired) electrons. The van der Waals surface area contributed by atoms with Crippen molar-refractivity contribution >= 4 is 11.6 Å². The molecule has 3 rings (SSSR count). The second-order valence-electron chi connectivity index (χ2n) is 7.06. The Kier molecular flexibility index (Phi) is 5.21. The molecule has 0 aromatic heterocycles. The van der Waals surface area contributed by atoms with Gasteiger partial charge < -0.3 is 10.2 Å². The van der Waals surface area contributed by atoms with E-state index in [0.29, 0.717) is 6.04 Å². The van der Waals surface area contributed by atoms with E-state index in [2.05, 4.69) is 41.4 Å². The number of hydrogen-bond acceptors (Lipinski definition) is 3. The Morgan fingerprint density at radius 3 is 2.52 bits per heavy atom. The smallest absolute Gasteiger partial charge is 0.219 e. The quantitative estimate of drug-likeness (QED) is 0.907. The Morgan fingerprint density at radius 1 is 1.22 bits per heavy atom. The average molecular weight is 315 g/mol. The van der Waals surface area contributed by atoms with Crippen LogP contribution in [0.4, 0.5) is 5.69 Å². The van der Waals surface area contributed by atoms with Crippen LogP contribution in [0, 0.1) is 5.92 Å². The Morgan fingerprint density at radius 2 is 1.91 bits per heavy atom. The van der Waals surface area contributed by atoms with E-state index in [0.717, 1.165) is 38.6 Å². The Labute approximate surface area is 139 Å². The van der Waals surface area contributed by atoms with Crippen molar-refractivity contribution in [1.82, 2.24) is 9.80 Å². The average Bonchev–Trinajstić information content (AvgIpc) is 2.48. The molecular formula is C19H29N3O. The van der Waals surface area contributed by atoms with Crippen LogP contribution in [-0.4, -0.2) is 47.9 Å². The third-order valence-electron chi connectivity index (χ3n) is 5.47. The zero-order valence-corrected chi connectivity index (χ0v) is 14.4. The van der Waals surface area contributed by atoms with Gasteiger partial charge in [-0.2, -0.15) is 0 Å². The van der Waals surface area contributed by atoms with Gasteiger partial charge in [0.1, 0.15) is 0 Å². The van der Waals surface area contributed by atoms with Gasteiger partial charge >= 0.3 is 0 Å². The lowest BCUT2D eigenvalue weighted by molar-refractivity contribution is -0.130. The summed E-state index contributed by atoms with van der Waals surface area (Å²) in [4.78, 5) is 15.8. The minimum Gasteiger partial charge on any atom is -0.382 e. The van der Waals surface area contributed by atoms with Crippen molar-refractivity contribution in [3.8, 4) is 0 Å². The zero-order chi connectivity index (χ0) is 16.2. The first kappa shape index (κ1) is 16.3. The lowest BCUT2D eigenvalue weighted by atomic mass is 9.80. The van der Waals surface area contributed by atoms with Crippen molar-refractivity contribution < 1.29 is 4.79 Å². The first-order chi connectivity index (χ1) is 11.1. The molecule has 23 heavy (non-hydrogen) atoms. The lowest BCUT2D eigenvalue weighted by Crippen LogP contribution is -2.47. The first-order valence-corrected chi connectivity index (χ1v) is 8.96. The van der Waals surface area contributed by atoms with E-state index in [4.69, 9.17) is 0 Å². The van der Waals surface area contributed by atoms with Gasteiger partial charge in [-0.3, -0.25) is 9.69 Å². The monoisotopic (exact) mass is 315 g/mol. The van der Waals surface area contributed by atoms with E-state index in [-0.39, 0.29) is 5.91 Å². The molecule has 0 spiro atoms. The number of benzene rings is 1. The van der Waals surface area contributed by atoms with Crippen molar-refractivity contribution in [2.75, 3.05) is 31.5 Å². The zero-order valence-electron chi connectivity index (χ0n) is 14.4. The fourth-order valence-corrected chi connectivity index (χ4v) is 3.56. The third kappa shape index (κ3) is 4.05. The van der Waals surface area contributed by atoms with Gasteiger partial charge in [0.2, 0.25) is 5.91 Å². The Hall–Kier alpha value is -1.55. The molecule has 0 unspecified atom stereocenters. The molecule has 1 heterocycles. The van der Waals surface area contributed by atoms with Crippen LogP contribution in [-0.2, 0) is 11.3 Å². The molecule has 1 aliphatic carbocycles. The number of para-hydroxylation sites is 1. The number of anilines is 1. The van der Waals surface area contributed by atoms with Gasteiger partial charge in [-0.05, 0) is 37.3 Å². The first-order valence-electron chi connectivity index (χ1n) is 8.96.